The summed E-state index contributed by atoms with van der Waals surface area (Å²) in [7, 11) is 0. The first kappa shape index (κ1) is 17.0. The van der Waals surface area contributed by atoms with Crippen molar-refractivity contribution < 1.29 is 14.7 Å². The first-order chi connectivity index (χ1) is 11.0. The van der Waals surface area contributed by atoms with Gasteiger partial charge < -0.3 is 26.9 Å². The molecule has 0 bridgehead atoms. The molecule has 7 heteroatoms. The number of rotatable bonds is 8. The van der Waals surface area contributed by atoms with Crippen LogP contribution in [0.15, 0.2) is 30.5 Å². The maximum absolute atomic E-state index is 12.1. The van der Waals surface area contributed by atoms with Crippen LogP contribution in [0.1, 0.15) is 30.9 Å². The molecule has 1 aromatic carbocycles. The van der Waals surface area contributed by atoms with Crippen molar-refractivity contribution >= 4 is 22.8 Å². The lowest BCUT2D eigenvalue weighted by molar-refractivity contribution is -0.138. The zero-order chi connectivity index (χ0) is 16.8. The van der Waals surface area contributed by atoms with Gasteiger partial charge >= 0.3 is 5.97 Å². The van der Waals surface area contributed by atoms with Gasteiger partial charge in [-0.05, 0) is 25.3 Å². The molecule has 0 radical (unpaired) electrons. The standard InChI is InChI=1S/C16H22N4O3/c17-12(16(22)23)6-3-4-8-19-15(21)14(18)11-9-20-13-7-2-1-5-10(11)13/h1-2,5,7,9,12,14,20H,3-4,6,8,17-18H2,(H,19,21)(H,22,23). The van der Waals surface area contributed by atoms with Gasteiger partial charge in [-0.2, -0.15) is 0 Å². The molecule has 124 valence electrons. The first-order valence-electron chi connectivity index (χ1n) is 7.58. The first-order valence-corrected chi connectivity index (χ1v) is 7.58. The number of aromatic nitrogens is 1. The molecule has 7 N–H and O–H groups in total. The quantitative estimate of drug-likeness (QED) is 0.460. The number of hydrogen-bond acceptors (Lipinski definition) is 4. The Bertz CT molecular complexity index is 683. The lowest BCUT2D eigenvalue weighted by Gasteiger charge is -2.12. The summed E-state index contributed by atoms with van der Waals surface area (Å²) in [5, 5.41) is 12.4. The van der Waals surface area contributed by atoms with Crippen molar-refractivity contribution in [2.45, 2.75) is 31.3 Å². The Balaban J connectivity index is 1.80. The van der Waals surface area contributed by atoms with Gasteiger partial charge in [0.1, 0.15) is 12.1 Å². The van der Waals surface area contributed by atoms with E-state index in [1.165, 1.54) is 0 Å². The minimum Gasteiger partial charge on any atom is -0.480 e. The van der Waals surface area contributed by atoms with Gasteiger partial charge in [0.2, 0.25) is 5.91 Å². The highest BCUT2D eigenvalue weighted by Crippen LogP contribution is 2.22. The average Bonchev–Trinajstić information content (AvgIpc) is 2.97. The molecular weight excluding hydrogens is 296 g/mol. The fourth-order valence-corrected chi connectivity index (χ4v) is 2.43. The van der Waals surface area contributed by atoms with Crippen LogP contribution in [-0.4, -0.2) is 34.6 Å². The fourth-order valence-electron chi connectivity index (χ4n) is 2.43. The summed E-state index contributed by atoms with van der Waals surface area (Å²) in [6.45, 7) is 0.446. The van der Waals surface area contributed by atoms with Crippen LogP contribution in [0.25, 0.3) is 10.9 Å². The van der Waals surface area contributed by atoms with Crippen molar-refractivity contribution in [3.05, 3.63) is 36.0 Å². The molecule has 0 spiro atoms. The minimum atomic E-state index is -1.00. The largest absolute Gasteiger partial charge is 0.480 e. The number of aromatic amines is 1. The predicted octanol–water partition coefficient (Wildman–Crippen LogP) is 0.866. The number of benzene rings is 1. The summed E-state index contributed by atoms with van der Waals surface area (Å²) in [5.41, 5.74) is 13.1. The molecule has 0 fully saturated rings. The van der Waals surface area contributed by atoms with E-state index in [-0.39, 0.29) is 5.91 Å². The lowest BCUT2D eigenvalue weighted by atomic mass is 10.1. The molecule has 2 unspecified atom stereocenters. The van der Waals surface area contributed by atoms with Crippen LogP contribution >= 0.6 is 0 Å². The summed E-state index contributed by atoms with van der Waals surface area (Å²) >= 11 is 0. The van der Waals surface area contributed by atoms with E-state index in [9.17, 15) is 9.59 Å². The third-order valence-electron chi connectivity index (χ3n) is 3.80. The number of carbonyl (C=O) groups is 2. The van der Waals surface area contributed by atoms with Crippen LogP contribution < -0.4 is 16.8 Å². The van der Waals surface area contributed by atoms with Crippen LogP contribution in [0.4, 0.5) is 0 Å². The van der Waals surface area contributed by atoms with Crippen LogP contribution in [0.3, 0.4) is 0 Å². The summed E-state index contributed by atoms with van der Waals surface area (Å²) in [6, 6.07) is 6.06. The molecule has 0 aliphatic carbocycles. The molecule has 2 aromatic rings. The van der Waals surface area contributed by atoms with Gasteiger partial charge in [-0.25, -0.2) is 0 Å². The van der Waals surface area contributed by atoms with Crippen LogP contribution in [0, 0.1) is 0 Å². The van der Waals surface area contributed by atoms with E-state index in [0.717, 1.165) is 16.5 Å². The van der Waals surface area contributed by atoms with Gasteiger partial charge in [0.05, 0.1) is 0 Å². The maximum atomic E-state index is 12.1. The summed E-state index contributed by atoms with van der Waals surface area (Å²) < 4.78 is 0. The van der Waals surface area contributed by atoms with Crippen LogP contribution in [0.5, 0.6) is 0 Å². The Labute approximate surface area is 134 Å². The molecule has 2 rings (SSSR count). The number of carboxylic acids is 1. The number of nitrogens with two attached hydrogens (primary N) is 2. The highest BCUT2D eigenvalue weighted by Gasteiger charge is 2.18. The van der Waals surface area contributed by atoms with Crippen molar-refractivity contribution in [2.75, 3.05) is 6.54 Å². The number of para-hydroxylation sites is 1. The third-order valence-corrected chi connectivity index (χ3v) is 3.80. The van der Waals surface area contributed by atoms with Gasteiger partial charge in [-0.3, -0.25) is 9.59 Å². The van der Waals surface area contributed by atoms with Crippen molar-refractivity contribution in [3.8, 4) is 0 Å². The maximum Gasteiger partial charge on any atom is 0.320 e. The minimum absolute atomic E-state index is 0.253. The van der Waals surface area contributed by atoms with E-state index < -0.39 is 18.1 Å². The summed E-state index contributed by atoms with van der Waals surface area (Å²) in [4.78, 5) is 25.8. The van der Waals surface area contributed by atoms with Gasteiger partial charge in [0.25, 0.3) is 0 Å². The van der Waals surface area contributed by atoms with Gasteiger partial charge in [0, 0.05) is 29.2 Å². The molecule has 1 aromatic heterocycles. The van der Waals surface area contributed by atoms with E-state index in [1.54, 1.807) is 6.20 Å². The summed E-state index contributed by atoms with van der Waals surface area (Å²) in [6.07, 6.45) is 3.43. The van der Waals surface area contributed by atoms with E-state index in [1.807, 2.05) is 24.3 Å². The Morgan fingerprint density at radius 1 is 1.22 bits per heavy atom. The van der Waals surface area contributed by atoms with Gasteiger partial charge in [-0.15, -0.1) is 0 Å². The number of aliphatic carboxylic acids is 1. The molecule has 7 nitrogen and oxygen atoms in total. The third kappa shape index (κ3) is 4.30. The molecule has 0 saturated heterocycles. The van der Waals surface area contributed by atoms with E-state index in [4.69, 9.17) is 16.6 Å². The average molecular weight is 318 g/mol. The molecule has 1 amide bonds. The fraction of sp³-hybridized carbons (Fsp3) is 0.375. The van der Waals surface area contributed by atoms with Gasteiger partial charge in [0.15, 0.2) is 0 Å². The van der Waals surface area contributed by atoms with Gasteiger partial charge in [-0.1, -0.05) is 18.2 Å². The lowest BCUT2D eigenvalue weighted by Crippen LogP contribution is -2.35. The van der Waals surface area contributed by atoms with Crippen LogP contribution in [-0.2, 0) is 9.59 Å². The SMILES string of the molecule is NC(CCCCNC(=O)C(N)c1c[nH]c2ccccc12)C(=O)O. The number of fused-ring (bicyclic) bond motifs is 1. The van der Waals surface area contributed by atoms with E-state index in [0.29, 0.717) is 25.8 Å². The smallest absolute Gasteiger partial charge is 0.320 e. The second-order valence-electron chi connectivity index (χ2n) is 5.50. The summed E-state index contributed by atoms with van der Waals surface area (Å²) in [5.74, 6) is -1.26. The zero-order valence-corrected chi connectivity index (χ0v) is 12.8. The highest BCUT2D eigenvalue weighted by atomic mass is 16.4. The molecule has 23 heavy (non-hydrogen) atoms. The molecular formula is C16H22N4O3. The van der Waals surface area contributed by atoms with Crippen molar-refractivity contribution in [2.24, 2.45) is 11.5 Å². The Morgan fingerprint density at radius 3 is 2.70 bits per heavy atom. The molecule has 1 heterocycles. The number of amides is 1. The highest BCUT2D eigenvalue weighted by molar-refractivity contribution is 5.91. The number of unbranched alkanes of at least 4 members (excludes halogenated alkanes) is 1. The Hall–Kier alpha value is -2.38. The molecule has 0 aliphatic rings. The Morgan fingerprint density at radius 2 is 1.96 bits per heavy atom. The Kier molecular flexibility index (Phi) is 5.72. The van der Waals surface area contributed by atoms with E-state index in [2.05, 4.69) is 10.3 Å². The van der Waals surface area contributed by atoms with Crippen LogP contribution in [0.2, 0.25) is 0 Å². The molecule has 0 aliphatic heterocycles. The predicted molar refractivity (Wildman–Crippen MR) is 87.7 cm³/mol. The number of H-pyrrole nitrogens is 1. The number of carboxylic acid groups (broad SMARTS) is 1. The number of hydrogen-bond donors (Lipinski definition) is 5. The van der Waals surface area contributed by atoms with E-state index >= 15 is 0 Å². The number of nitrogens with one attached hydrogen (secondary N) is 2. The zero-order valence-electron chi connectivity index (χ0n) is 12.8. The van der Waals surface area contributed by atoms with Crippen molar-refractivity contribution in [3.63, 3.8) is 0 Å². The second kappa shape index (κ2) is 7.75. The molecule has 2 atom stereocenters. The normalized spacial score (nSPS) is 13.7. The topological polar surface area (TPSA) is 134 Å². The number of carbonyl (C=O) groups excluding carboxylic acids is 1. The van der Waals surface area contributed by atoms with Crippen molar-refractivity contribution in [1.82, 2.24) is 10.3 Å². The van der Waals surface area contributed by atoms with Crippen molar-refractivity contribution in [1.29, 1.82) is 0 Å². The monoisotopic (exact) mass is 318 g/mol. The second-order valence-corrected chi connectivity index (χ2v) is 5.50. The molecule has 0 saturated carbocycles.